The molecule has 3 atom stereocenters. The van der Waals surface area contributed by atoms with E-state index >= 15 is 0 Å². The van der Waals surface area contributed by atoms with Gasteiger partial charge < -0.3 is 15.7 Å². The highest BCUT2D eigenvalue weighted by Crippen LogP contribution is 2.52. The smallest absolute Gasteiger partial charge is 0.253 e. The lowest BCUT2D eigenvalue weighted by Crippen LogP contribution is -2.31. The highest BCUT2D eigenvalue weighted by atomic mass is 35.5. The number of para-hydroxylation sites is 1. The van der Waals surface area contributed by atoms with E-state index in [0.29, 0.717) is 16.1 Å². The Labute approximate surface area is 161 Å². The van der Waals surface area contributed by atoms with Gasteiger partial charge in [-0.15, -0.1) is 0 Å². The summed E-state index contributed by atoms with van der Waals surface area (Å²) in [5, 5.41) is 17.4. The van der Waals surface area contributed by atoms with Crippen LogP contribution >= 0.6 is 23.2 Å². The van der Waals surface area contributed by atoms with Crippen molar-refractivity contribution in [2.45, 2.75) is 18.4 Å². The van der Waals surface area contributed by atoms with Crippen molar-refractivity contribution in [1.29, 1.82) is 0 Å². The third-order valence-electron chi connectivity index (χ3n) is 5.26. The highest BCUT2D eigenvalue weighted by Gasteiger charge is 2.40. The molecule has 6 heteroatoms. The fraction of sp³-hybridized carbons (Fsp3) is 0.250. The van der Waals surface area contributed by atoms with Crippen molar-refractivity contribution >= 4 is 34.8 Å². The fourth-order valence-electron chi connectivity index (χ4n) is 4.08. The van der Waals surface area contributed by atoms with Crippen LogP contribution in [-0.2, 0) is 0 Å². The molecule has 134 valence electrons. The largest absolute Gasteiger partial charge is 0.506 e. The second kappa shape index (κ2) is 6.53. The minimum atomic E-state index is -0.204. The quantitative estimate of drug-likeness (QED) is 0.642. The van der Waals surface area contributed by atoms with E-state index in [-0.39, 0.29) is 34.6 Å². The van der Waals surface area contributed by atoms with Crippen molar-refractivity contribution in [2.75, 3.05) is 12.4 Å². The number of anilines is 1. The van der Waals surface area contributed by atoms with Crippen LogP contribution in [0.25, 0.3) is 0 Å². The van der Waals surface area contributed by atoms with Crippen molar-refractivity contribution in [1.82, 2.24) is 5.32 Å². The van der Waals surface area contributed by atoms with Crippen molar-refractivity contribution in [3.05, 3.63) is 69.2 Å². The van der Waals surface area contributed by atoms with Gasteiger partial charge in [-0.05, 0) is 36.1 Å². The minimum Gasteiger partial charge on any atom is -0.506 e. The molecule has 0 saturated carbocycles. The summed E-state index contributed by atoms with van der Waals surface area (Å²) in [6.45, 7) is 0. The van der Waals surface area contributed by atoms with Crippen LogP contribution in [0.3, 0.4) is 0 Å². The van der Waals surface area contributed by atoms with E-state index in [1.165, 1.54) is 6.07 Å². The van der Waals surface area contributed by atoms with E-state index < -0.39 is 0 Å². The number of phenolic OH excluding ortho intramolecular Hbond substituents is 1. The lowest BCUT2D eigenvalue weighted by atomic mass is 9.76. The number of fused-ring (bicyclic) bond motifs is 3. The van der Waals surface area contributed by atoms with Crippen LogP contribution in [0.2, 0.25) is 10.0 Å². The molecule has 2 aromatic carbocycles. The van der Waals surface area contributed by atoms with Crippen molar-refractivity contribution in [2.24, 2.45) is 5.92 Å². The van der Waals surface area contributed by atoms with Crippen LogP contribution in [0.4, 0.5) is 5.69 Å². The first-order chi connectivity index (χ1) is 12.5. The lowest BCUT2D eigenvalue weighted by Gasteiger charge is -2.38. The number of phenols is 1. The van der Waals surface area contributed by atoms with Crippen molar-refractivity contribution in [3.8, 4) is 5.75 Å². The van der Waals surface area contributed by atoms with Gasteiger partial charge in [-0.3, -0.25) is 4.79 Å². The number of carbonyl (C=O) groups excluding carboxylic acids is 1. The molecular weight excluding hydrogens is 371 g/mol. The number of carbonyl (C=O) groups is 1. The molecule has 2 aromatic rings. The zero-order chi connectivity index (χ0) is 18.4. The Morgan fingerprint density at radius 1 is 1.27 bits per heavy atom. The van der Waals surface area contributed by atoms with Crippen molar-refractivity contribution in [3.63, 3.8) is 0 Å². The number of nitrogens with one attached hydrogen (secondary N) is 2. The van der Waals surface area contributed by atoms with E-state index in [9.17, 15) is 9.90 Å². The molecule has 3 unspecified atom stereocenters. The average Bonchev–Trinajstić information content (AvgIpc) is 3.13. The molecule has 0 radical (unpaired) electrons. The van der Waals surface area contributed by atoms with Gasteiger partial charge in [-0.1, -0.05) is 47.5 Å². The number of benzene rings is 2. The normalized spacial score (nSPS) is 23.1. The van der Waals surface area contributed by atoms with E-state index in [4.69, 9.17) is 23.2 Å². The van der Waals surface area contributed by atoms with Crippen LogP contribution in [0.1, 0.15) is 39.9 Å². The number of rotatable bonds is 2. The maximum atomic E-state index is 12.3. The Balaban J connectivity index is 1.88. The molecule has 4 nitrogen and oxygen atoms in total. The van der Waals surface area contributed by atoms with Crippen LogP contribution in [-0.4, -0.2) is 18.1 Å². The van der Waals surface area contributed by atoms with Gasteiger partial charge in [0, 0.05) is 23.6 Å². The topological polar surface area (TPSA) is 61.4 Å². The van der Waals surface area contributed by atoms with Crippen LogP contribution in [0.15, 0.2) is 42.5 Å². The molecular formula is C20H18Cl2N2O2. The fourth-order valence-corrected chi connectivity index (χ4v) is 4.59. The monoisotopic (exact) mass is 388 g/mol. The zero-order valence-electron chi connectivity index (χ0n) is 14.1. The van der Waals surface area contributed by atoms with E-state index in [1.54, 1.807) is 19.2 Å². The number of aromatic hydroxyl groups is 1. The van der Waals surface area contributed by atoms with Gasteiger partial charge in [-0.2, -0.15) is 0 Å². The van der Waals surface area contributed by atoms with E-state index in [0.717, 1.165) is 17.7 Å². The minimum absolute atomic E-state index is 0.0279. The second-order valence-corrected chi connectivity index (χ2v) is 7.49. The van der Waals surface area contributed by atoms with Crippen LogP contribution in [0, 0.1) is 5.92 Å². The first-order valence-electron chi connectivity index (χ1n) is 8.47. The summed E-state index contributed by atoms with van der Waals surface area (Å²) in [7, 11) is 1.61. The maximum absolute atomic E-state index is 12.3. The highest BCUT2D eigenvalue weighted by molar-refractivity contribution is 6.35. The van der Waals surface area contributed by atoms with Gasteiger partial charge in [-0.25, -0.2) is 0 Å². The number of halogens is 2. The summed E-state index contributed by atoms with van der Waals surface area (Å²) in [6, 6.07) is 8.81. The molecule has 0 fully saturated rings. The Morgan fingerprint density at radius 2 is 2.08 bits per heavy atom. The molecule has 3 N–H and O–H groups in total. The van der Waals surface area contributed by atoms with Gasteiger partial charge in [0.1, 0.15) is 5.75 Å². The molecule has 0 aromatic heterocycles. The number of amides is 1. The maximum Gasteiger partial charge on any atom is 0.253 e. The van der Waals surface area contributed by atoms with E-state index in [2.05, 4.69) is 22.8 Å². The van der Waals surface area contributed by atoms with Gasteiger partial charge in [0.2, 0.25) is 0 Å². The predicted octanol–water partition coefficient (Wildman–Crippen LogP) is 4.89. The third-order valence-corrected chi connectivity index (χ3v) is 5.77. The first kappa shape index (κ1) is 17.3. The summed E-state index contributed by atoms with van der Waals surface area (Å²) in [5.41, 5.74) is 3.12. The molecule has 1 amide bonds. The standard InChI is InChI=1S/C20H18Cl2N2O2/c1-23-20(26)14-7-3-6-12-11-4-2-5-13(11)18(24-17(12)14)15-8-10(21)9-16(22)19(15)25/h2-4,6-9,11,13,18,24-25H,5H2,1H3,(H,23,26). The molecule has 26 heavy (non-hydrogen) atoms. The Bertz CT molecular complexity index is 926. The van der Waals surface area contributed by atoms with Crippen molar-refractivity contribution < 1.29 is 9.90 Å². The SMILES string of the molecule is CNC(=O)c1cccc2c1NC(c1cc(Cl)cc(Cl)c1O)C1CC=CC21. The lowest BCUT2D eigenvalue weighted by molar-refractivity contribution is 0.0963. The van der Waals surface area contributed by atoms with Gasteiger partial charge in [0.25, 0.3) is 5.91 Å². The second-order valence-electron chi connectivity index (χ2n) is 6.65. The van der Waals surface area contributed by atoms with Gasteiger partial charge in [0.15, 0.2) is 0 Å². The molecule has 1 aliphatic carbocycles. The molecule has 1 heterocycles. The summed E-state index contributed by atoms with van der Waals surface area (Å²) in [6.07, 6.45) is 5.19. The molecule has 0 bridgehead atoms. The van der Waals surface area contributed by atoms with Crippen LogP contribution in [0.5, 0.6) is 5.75 Å². The third kappa shape index (κ3) is 2.65. The number of hydrogen-bond donors (Lipinski definition) is 3. The molecule has 4 rings (SSSR count). The Hall–Kier alpha value is -2.17. The number of hydrogen-bond acceptors (Lipinski definition) is 3. The Kier molecular flexibility index (Phi) is 4.33. The Morgan fingerprint density at radius 3 is 2.85 bits per heavy atom. The molecule has 0 saturated heterocycles. The van der Waals surface area contributed by atoms with Crippen LogP contribution < -0.4 is 10.6 Å². The zero-order valence-corrected chi connectivity index (χ0v) is 15.6. The molecule has 0 spiro atoms. The van der Waals surface area contributed by atoms with Gasteiger partial charge in [0.05, 0.1) is 22.3 Å². The van der Waals surface area contributed by atoms with Gasteiger partial charge >= 0.3 is 0 Å². The summed E-state index contributed by atoms with van der Waals surface area (Å²) < 4.78 is 0. The predicted molar refractivity (Wildman–Crippen MR) is 104 cm³/mol. The number of allylic oxidation sites excluding steroid dienone is 2. The summed E-state index contributed by atoms with van der Waals surface area (Å²) in [5.74, 6) is 0.253. The summed E-state index contributed by atoms with van der Waals surface area (Å²) in [4.78, 5) is 12.3. The molecule has 1 aliphatic heterocycles. The average molecular weight is 389 g/mol. The first-order valence-corrected chi connectivity index (χ1v) is 9.23. The summed E-state index contributed by atoms with van der Waals surface area (Å²) >= 11 is 12.3. The van der Waals surface area contributed by atoms with E-state index in [1.807, 2.05) is 12.1 Å². The molecule has 2 aliphatic rings.